The number of hydrogen-bond acceptors (Lipinski definition) is 9. The van der Waals surface area contributed by atoms with Gasteiger partial charge < -0.3 is 25.0 Å². The first kappa shape index (κ1) is 30.3. The summed E-state index contributed by atoms with van der Waals surface area (Å²) in [5.41, 5.74) is 2.30. The van der Waals surface area contributed by atoms with Gasteiger partial charge in [0.2, 0.25) is 5.91 Å². The van der Waals surface area contributed by atoms with E-state index < -0.39 is 5.97 Å². The summed E-state index contributed by atoms with van der Waals surface area (Å²) in [6.07, 6.45) is -0.361. The van der Waals surface area contributed by atoms with Crippen LogP contribution in [0.2, 0.25) is 0 Å². The van der Waals surface area contributed by atoms with Crippen LogP contribution >= 0.6 is 22.7 Å². The van der Waals surface area contributed by atoms with Crippen molar-refractivity contribution in [3.63, 3.8) is 0 Å². The fourth-order valence-corrected chi connectivity index (χ4v) is 5.49. The smallest absolute Gasteiger partial charge is 0.409 e. The van der Waals surface area contributed by atoms with Gasteiger partial charge in [-0.05, 0) is 6.92 Å². The van der Waals surface area contributed by atoms with Crippen LogP contribution in [0.3, 0.4) is 0 Å². The summed E-state index contributed by atoms with van der Waals surface area (Å²) in [5.74, 6) is -1.55. The third-order valence-electron chi connectivity index (χ3n) is 6.06. The Hall–Kier alpha value is -4.62. The maximum absolute atomic E-state index is 12.3. The average molecular weight is 608 g/mol. The second-order valence-electron chi connectivity index (χ2n) is 8.86. The molecule has 0 saturated carbocycles. The number of carboxylic acids is 1. The van der Waals surface area contributed by atoms with E-state index in [1.54, 1.807) is 27.5 Å². The number of hydrogen-bond donors (Lipinski definition) is 2. The number of thiazole rings is 2. The van der Waals surface area contributed by atoms with Gasteiger partial charge in [0, 0.05) is 48.1 Å². The van der Waals surface area contributed by atoms with Crippen molar-refractivity contribution in [1.29, 1.82) is 0 Å². The van der Waals surface area contributed by atoms with Gasteiger partial charge in [-0.2, -0.15) is 0 Å². The summed E-state index contributed by atoms with van der Waals surface area (Å²) >= 11 is 2.72. The van der Waals surface area contributed by atoms with Crippen LogP contribution in [0.4, 0.5) is 4.79 Å². The molecule has 0 atom stereocenters. The van der Waals surface area contributed by atoms with Crippen LogP contribution in [-0.4, -0.2) is 88.1 Å². The zero-order valence-electron chi connectivity index (χ0n) is 22.8. The summed E-state index contributed by atoms with van der Waals surface area (Å²) in [4.78, 5) is 58.4. The second kappa shape index (κ2) is 14.8. The summed E-state index contributed by atoms with van der Waals surface area (Å²) in [7, 11) is 0. The van der Waals surface area contributed by atoms with Gasteiger partial charge in [0.05, 0.1) is 13.2 Å². The number of ether oxygens (including phenoxy) is 1. The van der Waals surface area contributed by atoms with Crippen LogP contribution in [0.15, 0.2) is 71.4 Å². The molecule has 0 aliphatic carbocycles. The third-order valence-corrected chi connectivity index (χ3v) is 7.84. The second-order valence-corrected chi connectivity index (χ2v) is 10.6. The highest BCUT2D eigenvalue weighted by Crippen LogP contribution is 2.24. The lowest BCUT2D eigenvalue weighted by Gasteiger charge is -2.34. The van der Waals surface area contributed by atoms with E-state index in [0.29, 0.717) is 38.5 Å². The number of nitrogens with zero attached hydrogens (tertiary/aromatic N) is 4. The van der Waals surface area contributed by atoms with E-state index in [0.717, 1.165) is 21.1 Å². The van der Waals surface area contributed by atoms with E-state index in [-0.39, 0.29) is 30.1 Å². The normalized spacial score (nSPS) is 12.6. The molecule has 13 heteroatoms. The number of aromatic carboxylic acids is 1. The highest BCUT2D eigenvalue weighted by atomic mass is 32.1. The molecule has 1 aliphatic rings. The number of benzene rings is 2. The zero-order chi connectivity index (χ0) is 29.9. The van der Waals surface area contributed by atoms with Crippen molar-refractivity contribution in [2.75, 3.05) is 39.3 Å². The molecular formula is C29H29N5O6S2. The minimum atomic E-state index is -0.983. The highest BCUT2D eigenvalue weighted by molar-refractivity contribution is 7.13. The van der Waals surface area contributed by atoms with Crippen LogP contribution in [0.25, 0.3) is 21.1 Å². The zero-order valence-corrected chi connectivity index (χ0v) is 24.4. The Labute approximate surface area is 250 Å². The van der Waals surface area contributed by atoms with E-state index >= 15 is 0 Å². The first-order chi connectivity index (χ1) is 20.4. The quantitative estimate of drug-likeness (QED) is 0.316. The number of carbonyl (C=O) groups excluding carboxylic acids is 3. The number of piperazine rings is 1. The van der Waals surface area contributed by atoms with E-state index in [1.165, 1.54) is 22.7 Å². The topological polar surface area (TPSA) is 142 Å². The Morgan fingerprint density at radius 1 is 0.810 bits per heavy atom. The largest absolute Gasteiger partial charge is 0.476 e. The van der Waals surface area contributed by atoms with Crippen molar-refractivity contribution in [3.05, 3.63) is 82.8 Å². The summed E-state index contributed by atoms with van der Waals surface area (Å²) in [5, 5.41) is 16.0. The lowest BCUT2D eigenvalue weighted by molar-refractivity contribution is -0.131. The molecular weight excluding hydrogens is 578 g/mol. The molecule has 0 radical (unpaired) electrons. The van der Waals surface area contributed by atoms with Gasteiger partial charge in [0.25, 0.3) is 5.91 Å². The number of carboxylic acid groups (broad SMARTS) is 1. The number of carbonyl (C=O) groups is 4. The third kappa shape index (κ3) is 8.21. The molecule has 0 spiro atoms. The van der Waals surface area contributed by atoms with Crippen LogP contribution in [0.5, 0.6) is 0 Å². The first-order valence-corrected chi connectivity index (χ1v) is 14.8. The Balaban J connectivity index is 0.000000241. The predicted octanol–water partition coefficient (Wildman–Crippen LogP) is 4.35. The van der Waals surface area contributed by atoms with Gasteiger partial charge in [0.1, 0.15) is 15.7 Å². The molecule has 2 aromatic carbocycles. The number of rotatable bonds is 7. The van der Waals surface area contributed by atoms with Crippen LogP contribution in [-0.2, 0) is 9.53 Å². The maximum atomic E-state index is 12.3. The minimum absolute atomic E-state index is 0.101. The van der Waals surface area contributed by atoms with E-state index in [4.69, 9.17) is 9.84 Å². The standard InChI is InChI=1S/C19H22N4O4S.C10H7NO2S/c1-2-27-19(26)23-10-8-22(9-11-23)16(24)12-20-17(25)15-13-28-18(21-15)14-6-4-3-5-7-14;12-10(13)8-6-14-9(11-8)7-4-2-1-3-5-7/h3-7,13H,2,8-12H2,1H3,(H,20,25);1-6H,(H,12,13). The number of amides is 3. The molecule has 3 heterocycles. The predicted molar refractivity (Wildman–Crippen MR) is 160 cm³/mol. The van der Waals surface area contributed by atoms with Gasteiger partial charge in [-0.1, -0.05) is 60.7 Å². The summed E-state index contributed by atoms with van der Waals surface area (Å²) in [6.45, 7) is 3.66. The molecule has 5 rings (SSSR count). The van der Waals surface area contributed by atoms with Crippen molar-refractivity contribution in [3.8, 4) is 21.1 Å². The van der Waals surface area contributed by atoms with Crippen molar-refractivity contribution < 1.29 is 29.0 Å². The molecule has 4 aromatic rings. The lowest BCUT2D eigenvalue weighted by atomic mass is 10.2. The number of nitrogens with one attached hydrogen (secondary N) is 1. The van der Waals surface area contributed by atoms with E-state index in [9.17, 15) is 19.2 Å². The Kier molecular flexibility index (Phi) is 10.7. The first-order valence-electron chi connectivity index (χ1n) is 13.1. The SMILES string of the molecule is CCOC(=O)N1CCN(C(=O)CNC(=O)c2csc(-c3ccccc3)n2)CC1.O=C(O)c1csc(-c2ccccc2)n1. The molecule has 3 amide bonds. The molecule has 2 N–H and O–H groups in total. The van der Waals surface area contributed by atoms with Gasteiger partial charge in [0.15, 0.2) is 5.69 Å². The molecule has 1 fully saturated rings. The molecule has 1 saturated heterocycles. The summed E-state index contributed by atoms with van der Waals surface area (Å²) < 4.78 is 4.96. The van der Waals surface area contributed by atoms with Gasteiger partial charge in [-0.25, -0.2) is 19.6 Å². The monoisotopic (exact) mass is 607 g/mol. The minimum Gasteiger partial charge on any atom is -0.476 e. The average Bonchev–Trinajstić information content (AvgIpc) is 3.73. The molecule has 2 aromatic heterocycles. The fourth-order valence-electron chi connectivity index (χ4n) is 3.89. The highest BCUT2D eigenvalue weighted by Gasteiger charge is 2.25. The van der Waals surface area contributed by atoms with Crippen LogP contribution < -0.4 is 5.32 Å². The Bertz CT molecular complexity index is 1500. The van der Waals surface area contributed by atoms with E-state index in [1.807, 2.05) is 60.7 Å². The molecule has 11 nitrogen and oxygen atoms in total. The lowest BCUT2D eigenvalue weighted by Crippen LogP contribution is -2.52. The Morgan fingerprint density at radius 2 is 1.31 bits per heavy atom. The molecule has 218 valence electrons. The van der Waals surface area contributed by atoms with Crippen LogP contribution in [0.1, 0.15) is 27.9 Å². The molecule has 1 aliphatic heterocycles. The van der Waals surface area contributed by atoms with Crippen molar-refractivity contribution in [2.45, 2.75) is 6.92 Å². The van der Waals surface area contributed by atoms with Gasteiger partial charge >= 0.3 is 12.1 Å². The van der Waals surface area contributed by atoms with Gasteiger partial charge in [-0.15, -0.1) is 22.7 Å². The fraction of sp³-hybridized carbons (Fsp3) is 0.241. The van der Waals surface area contributed by atoms with E-state index in [2.05, 4.69) is 15.3 Å². The maximum Gasteiger partial charge on any atom is 0.409 e. The molecule has 0 bridgehead atoms. The molecule has 42 heavy (non-hydrogen) atoms. The van der Waals surface area contributed by atoms with Crippen molar-refractivity contribution in [1.82, 2.24) is 25.1 Å². The Morgan fingerprint density at radius 3 is 1.81 bits per heavy atom. The molecule has 0 unspecified atom stereocenters. The van der Waals surface area contributed by atoms with Gasteiger partial charge in [-0.3, -0.25) is 9.59 Å². The van der Waals surface area contributed by atoms with Crippen molar-refractivity contribution >= 4 is 46.6 Å². The van der Waals surface area contributed by atoms with Crippen molar-refractivity contribution in [2.24, 2.45) is 0 Å². The summed E-state index contributed by atoms with van der Waals surface area (Å²) in [6, 6.07) is 19.1. The number of aromatic nitrogens is 2. The van der Waals surface area contributed by atoms with Crippen LogP contribution in [0, 0.1) is 0 Å².